The van der Waals surface area contributed by atoms with E-state index in [-0.39, 0.29) is 4.90 Å². The van der Waals surface area contributed by atoms with Gasteiger partial charge in [-0.3, -0.25) is 0 Å². The molecule has 0 bridgehead atoms. The smallest absolute Gasteiger partial charge is 0.268 e. The van der Waals surface area contributed by atoms with Gasteiger partial charge in [-0.2, -0.15) is 0 Å². The zero-order valence-electron chi connectivity index (χ0n) is 20.3. The second-order valence-electron chi connectivity index (χ2n) is 8.47. The normalized spacial score (nSPS) is 12.1. The highest BCUT2D eigenvalue weighted by atomic mass is 32.2. The summed E-state index contributed by atoms with van der Waals surface area (Å²) in [6.45, 7) is 2.19. The molecule has 1 heterocycles. The minimum absolute atomic E-state index is 0.207. The zero-order chi connectivity index (χ0) is 24.7. The average Bonchev–Trinajstić information content (AvgIpc) is 3.32. The number of hydrogen-bond donors (Lipinski definition) is 1. The van der Waals surface area contributed by atoms with E-state index in [1.807, 2.05) is 60.8 Å². The molecular weight excluding hydrogens is 456 g/mol. The van der Waals surface area contributed by atoms with Gasteiger partial charge in [0.15, 0.2) is 0 Å². The fourth-order valence-electron chi connectivity index (χ4n) is 4.22. The Bertz CT molecular complexity index is 1370. The fourth-order valence-corrected chi connectivity index (χ4v) is 5.74. The summed E-state index contributed by atoms with van der Waals surface area (Å²) in [4.78, 5) is 3.52. The van der Waals surface area contributed by atoms with E-state index in [4.69, 9.17) is 4.74 Å². The van der Waals surface area contributed by atoms with Gasteiger partial charge in [0.2, 0.25) is 0 Å². The number of aromatic nitrogens is 1. The second kappa shape index (κ2) is 11.3. The molecule has 0 aliphatic heterocycles. The van der Waals surface area contributed by atoms with Crippen molar-refractivity contribution in [2.75, 3.05) is 11.4 Å². The van der Waals surface area contributed by atoms with Crippen LogP contribution in [0.2, 0.25) is 0 Å². The van der Waals surface area contributed by atoms with Crippen LogP contribution in [0, 0.1) is 0 Å². The van der Waals surface area contributed by atoms with Gasteiger partial charge in [-0.05, 0) is 55.3 Å². The van der Waals surface area contributed by atoms with E-state index in [0.29, 0.717) is 17.1 Å². The summed E-state index contributed by atoms with van der Waals surface area (Å²) >= 11 is 0. The van der Waals surface area contributed by atoms with Crippen LogP contribution >= 0.6 is 0 Å². The molecular formula is C29H32N2O3S. The third kappa shape index (κ3) is 5.43. The molecule has 0 radical (unpaired) electrons. The second-order valence-corrected chi connectivity index (χ2v) is 10.3. The molecule has 0 saturated heterocycles. The first-order chi connectivity index (χ1) is 17.1. The van der Waals surface area contributed by atoms with Crippen molar-refractivity contribution in [3.8, 4) is 5.75 Å². The minimum atomic E-state index is -3.92. The number of methoxy groups -OCH3 is 1. The van der Waals surface area contributed by atoms with Gasteiger partial charge < -0.3 is 9.72 Å². The van der Waals surface area contributed by atoms with Crippen molar-refractivity contribution in [3.63, 3.8) is 0 Å². The van der Waals surface area contributed by atoms with E-state index in [1.165, 1.54) is 10.7 Å². The number of nitrogens with zero attached hydrogens (tertiary/aromatic N) is 1. The van der Waals surface area contributed by atoms with Crippen molar-refractivity contribution >= 4 is 32.3 Å². The standard InChI is InChI=1S/C29H32N2O3S/c1-3-4-5-6-10-17-29(27-22-30-28-16-12-11-15-26(27)28)31(23-13-8-7-9-14-23)35(32,33)25-20-18-24(34-2)19-21-25/h7-9,11-22,30H,3-6,10H2,1-2H3/b29-17-. The Labute approximate surface area is 208 Å². The molecule has 1 N–H and O–H groups in total. The van der Waals surface area contributed by atoms with Crippen LogP contribution in [0.1, 0.15) is 44.6 Å². The number of fused-ring (bicyclic) bond motifs is 1. The average molecular weight is 489 g/mol. The van der Waals surface area contributed by atoms with Crippen molar-refractivity contribution in [2.45, 2.75) is 43.9 Å². The molecule has 0 saturated carbocycles. The van der Waals surface area contributed by atoms with E-state index >= 15 is 0 Å². The van der Waals surface area contributed by atoms with E-state index in [0.717, 1.165) is 42.1 Å². The molecule has 182 valence electrons. The lowest BCUT2D eigenvalue weighted by molar-refractivity contribution is 0.414. The first-order valence-corrected chi connectivity index (χ1v) is 13.5. The van der Waals surface area contributed by atoms with Crippen LogP contribution in [-0.2, 0) is 10.0 Å². The number of para-hydroxylation sites is 2. The Morgan fingerprint density at radius 1 is 0.914 bits per heavy atom. The highest BCUT2D eigenvalue weighted by Gasteiger charge is 2.30. The molecule has 1 aromatic heterocycles. The van der Waals surface area contributed by atoms with Gasteiger partial charge in [-0.1, -0.05) is 68.7 Å². The predicted molar refractivity (Wildman–Crippen MR) is 144 cm³/mol. The summed E-state index contributed by atoms with van der Waals surface area (Å²) in [5.41, 5.74) is 3.07. The van der Waals surface area contributed by atoms with Crippen LogP contribution in [0.25, 0.3) is 16.6 Å². The van der Waals surface area contributed by atoms with Gasteiger partial charge in [0.25, 0.3) is 10.0 Å². The molecule has 35 heavy (non-hydrogen) atoms. The zero-order valence-corrected chi connectivity index (χ0v) is 21.1. The maximum absolute atomic E-state index is 14.2. The van der Waals surface area contributed by atoms with Gasteiger partial charge in [0.05, 0.1) is 23.4 Å². The van der Waals surface area contributed by atoms with Crippen molar-refractivity contribution in [1.29, 1.82) is 0 Å². The number of allylic oxidation sites excluding steroid dienone is 1. The van der Waals surface area contributed by atoms with Crippen molar-refractivity contribution < 1.29 is 13.2 Å². The van der Waals surface area contributed by atoms with Gasteiger partial charge >= 0.3 is 0 Å². The number of nitrogens with one attached hydrogen (secondary N) is 1. The number of aromatic amines is 1. The third-order valence-corrected chi connectivity index (χ3v) is 7.82. The quantitative estimate of drug-likeness (QED) is 0.224. The molecule has 0 fully saturated rings. The molecule has 6 heteroatoms. The Kier molecular flexibility index (Phi) is 7.93. The summed E-state index contributed by atoms with van der Waals surface area (Å²) in [6, 6.07) is 23.8. The summed E-state index contributed by atoms with van der Waals surface area (Å²) in [5, 5.41) is 0.984. The Balaban J connectivity index is 1.88. The molecule has 4 rings (SSSR count). The van der Waals surface area contributed by atoms with Crippen molar-refractivity contribution in [2.24, 2.45) is 0 Å². The van der Waals surface area contributed by atoms with Crippen LogP contribution in [0.4, 0.5) is 5.69 Å². The van der Waals surface area contributed by atoms with Gasteiger partial charge in [-0.25, -0.2) is 12.7 Å². The lowest BCUT2D eigenvalue weighted by Crippen LogP contribution is -2.29. The van der Waals surface area contributed by atoms with Crippen LogP contribution in [0.5, 0.6) is 5.75 Å². The maximum atomic E-state index is 14.2. The summed E-state index contributed by atoms with van der Waals surface area (Å²) < 4.78 is 35.1. The topological polar surface area (TPSA) is 62.4 Å². The number of rotatable bonds is 11. The number of anilines is 1. The van der Waals surface area contributed by atoms with Crippen LogP contribution in [0.15, 0.2) is 96.0 Å². The number of ether oxygens (including phenoxy) is 1. The highest BCUT2D eigenvalue weighted by molar-refractivity contribution is 7.93. The summed E-state index contributed by atoms with van der Waals surface area (Å²) in [5.74, 6) is 0.610. The molecule has 0 unspecified atom stereocenters. The number of unbranched alkanes of at least 4 members (excludes halogenated alkanes) is 4. The van der Waals surface area contributed by atoms with Crippen molar-refractivity contribution in [1.82, 2.24) is 4.98 Å². The number of sulfonamides is 1. The van der Waals surface area contributed by atoms with Crippen LogP contribution < -0.4 is 9.04 Å². The Hall–Kier alpha value is -3.51. The molecule has 0 spiro atoms. The number of H-pyrrole nitrogens is 1. The first-order valence-electron chi connectivity index (χ1n) is 12.1. The number of benzene rings is 3. The van der Waals surface area contributed by atoms with E-state index < -0.39 is 10.0 Å². The summed E-state index contributed by atoms with van der Waals surface area (Å²) in [6.07, 6.45) is 9.21. The first kappa shape index (κ1) is 24.6. The van der Waals surface area contributed by atoms with Crippen LogP contribution in [-0.4, -0.2) is 20.5 Å². The monoisotopic (exact) mass is 488 g/mol. The SMILES string of the molecule is CCCCCC/C=C(/c1c[nH]c2ccccc12)N(c1ccccc1)S(=O)(=O)c1ccc(OC)cc1. The predicted octanol–water partition coefficient (Wildman–Crippen LogP) is 7.38. The van der Waals surface area contributed by atoms with E-state index in [2.05, 4.69) is 18.0 Å². The Morgan fingerprint density at radius 3 is 2.34 bits per heavy atom. The van der Waals surface area contributed by atoms with Gasteiger partial charge in [0, 0.05) is 22.7 Å². The molecule has 0 atom stereocenters. The molecule has 3 aromatic carbocycles. The molecule has 5 nitrogen and oxygen atoms in total. The lowest BCUT2D eigenvalue weighted by atomic mass is 10.1. The summed E-state index contributed by atoms with van der Waals surface area (Å²) in [7, 11) is -2.36. The van der Waals surface area contributed by atoms with Crippen LogP contribution in [0.3, 0.4) is 0 Å². The molecule has 0 amide bonds. The van der Waals surface area contributed by atoms with Gasteiger partial charge in [-0.15, -0.1) is 0 Å². The highest BCUT2D eigenvalue weighted by Crippen LogP contribution is 2.36. The van der Waals surface area contributed by atoms with E-state index in [1.54, 1.807) is 31.4 Å². The largest absolute Gasteiger partial charge is 0.497 e. The minimum Gasteiger partial charge on any atom is -0.497 e. The van der Waals surface area contributed by atoms with Crippen molar-refractivity contribution in [3.05, 3.63) is 96.7 Å². The molecule has 0 aliphatic carbocycles. The van der Waals surface area contributed by atoms with E-state index in [9.17, 15) is 8.42 Å². The lowest BCUT2D eigenvalue weighted by Gasteiger charge is -2.27. The number of hydrogen-bond acceptors (Lipinski definition) is 3. The maximum Gasteiger partial charge on any atom is 0.268 e. The van der Waals surface area contributed by atoms with Gasteiger partial charge in [0.1, 0.15) is 5.75 Å². The molecule has 4 aromatic rings. The third-order valence-electron chi connectivity index (χ3n) is 6.07. The fraction of sp³-hybridized carbons (Fsp3) is 0.241. The molecule has 0 aliphatic rings. The Morgan fingerprint density at radius 2 is 1.63 bits per heavy atom.